The fourth-order valence-electron chi connectivity index (χ4n) is 3.66. The Morgan fingerprint density at radius 3 is 2.81 bits per heavy atom. The molecular weight excluding hydrogens is 380 g/mol. The molecule has 1 aliphatic rings. The van der Waals surface area contributed by atoms with Crippen LogP contribution in [0.2, 0.25) is 0 Å². The van der Waals surface area contributed by atoms with Crippen molar-refractivity contribution >= 4 is 39.3 Å². The smallest absolute Gasteiger partial charge is 0.267 e. The van der Waals surface area contributed by atoms with Crippen molar-refractivity contribution in [3.8, 4) is 5.69 Å². The molecule has 27 heavy (non-hydrogen) atoms. The third-order valence-corrected chi connectivity index (χ3v) is 7.03. The Hall–Kier alpha value is -2.12. The number of hydrogen-bond donors (Lipinski definition) is 0. The molecule has 0 amide bonds. The molecule has 1 atom stereocenters. The fraction of sp³-hybridized carbons (Fsp3) is 0.350. The summed E-state index contributed by atoms with van der Waals surface area (Å²) in [6.07, 6.45) is 3.18. The van der Waals surface area contributed by atoms with Gasteiger partial charge in [0.05, 0.1) is 17.0 Å². The zero-order chi connectivity index (χ0) is 19.1. The van der Waals surface area contributed by atoms with Crippen LogP contribution in [0.5, 0.6) is 0 Å². The molecule has 0 unspecified atom stereocenters. The Labute approximate surface area is 165 Å². The highest BCUT2D eigenvalue weighted by Crippen LogP contribution is 2.40. The number of thiophene rings is 1. The highest BCUT2D eigenvalue weighted by molar-refractivity contribution is 7.99. The summed E-state index contributed by atoms with van der Waals surface area (Å²) in [4.78, 5) is 31.1. The van der Waals surface area contributed by atoms with E-state index in [2.05, 4.69) is 6.92 Å². The van der Waals surface area contributed by atoms with E-state index >= 15 is 0 Å². The normalized spacial score (nSPS) is 16.4. The van der Waals surface area contributed by atoms with Crippen LogP contribution in [0.15, 0.2) is 34.2 Å². The van der Waals surface area contributed by atoms with E-state index in [1.807, 2.05) is 31.2 Å². The topological polar surface area (TPSA) is 75.0 Å². The summed E-state index contributed by atoms with van der Waals surface area (Å²) in [5.41, 5.74) is 2.81. The molecule has 0 N–H and O–H groups in total. The molecule has 2 aromatic heterocycles. The van der Waals surface area contributed by atoms with E-state index in [4.69, 9.17) is 4.98 Å². The number of carboxylic acid groups (broad SMARTS) is 1. The molecule has 0 fully saturated rings. The van der Waals surface area contributed by atoms with Crippen LogP contribution in [0, 0.1) is 6.92 Å². The van der Waals surface area contributed by atoms with E-state index in [1.165, 1.54) is 4.88 Å². The van der Waals surface area contributed by atoms with E-state index in [-0.39, 0.29) is 11.3 Å². The SMILES string of the molecule is Cc1ccc(-n2c(SCC(=O)[O-])nc3sc4c(c3c2=O)[C@@H](C)CCC4)cc1. The average molecular weight is 400 g/mol. The molecule has 4 rings (SSSR count). The summed E-state index contributed by atoms with van der Waals surface area (Å²) >= 11 is 2.60. The maximum atomic E-state index is 13.5. The molecule has 0 saturated carbocycles. The average Bonchev–Trinajstić information content (AvgIpc) is 3.01. The van der Waals surface area contributed by atoms with Crippen molar-refractivity contribution in [3.63, 3.8) is 0 Å². The Bertz CT molecular complexity index is 1080. The van der Waals surface area contributed by atoms with Gasteiger partial charge >= 0.3 is 0 Å². The second-order valence-electron chi connectivity index (χ2n) is 6.94. The lowest BCUT2D eigenvalue weighted by Gasteiger charge is -2.19. The third kappa shape index (κ3) is 3.30. The second-order valence-corrected chi connectivity index (χ2v) is 8.97. The molecular formula is C20H19N2O3S2-. The summed E-state index contributed by atoms with van der Waals surface area (Å²) in [5.74, 6) is -1.08. The van der Waals surface area contributed by atoms with Gasteiger partial charge in [-0.3, -0.25) is 9.36 Å². The van der Waals surface area contributed by atoms with Crippen LogP contribution >= 0.6 is 23.1 Å². The number of nitrogens with zero attached hydrogens (tertiary/aromatic N) is 2. The van der Waals surface area contributed by atoms with Gasteiger partial charge in [-0.2, -0.15) is 0 Å². The van der Waals surface area contributed by atoms with Crippen LogP contribution in [0.3, 0.4) is 0 Å². The Kier molecular flexibility index (Phi) is 4.82. The van der Waals surface area contributed by atoms with Gasteiger partial charge in [-0.25, -0.2) is 4.98 Å². The molecule has 0 radical (unpaired) electrons. The zero-order valence-corrected chi connectivity index (χ0v) is 16.8. The minimum absolute atomic E-state index is 0.115. The summed E-state index contributed by atoms with van der Waals surface area (Å²) < 4.78 is 1.55. The molecule has 0 aliphatic heterocycles. The van der Waals surface area contributed by atoms with Crippen LogP contribution in [-0.4, -0.2) is 21.3 Å². The monoisotopic (exact) mass is 399 g/mol. The first-order chi connectivity index (χ1) is 13.0. The van der Waals surface area contributed by atoms with E-state index < -0.39 is 5.97 Å². The summed E-state index contributed by atoms with van der Waals surface area (Å²) in [7, 11) is 0. The van der Waals surface area contributed by atoms with E-state index in [0.29, 0.717) is 27.0 Å². The van der Waals surface area contributed by atoms with Gasteiger partial charge in [-0.05, 0) is 49.8 Å². The maximum absolute atomic E-state index is 13.5. The number of aromatic nitrogens is 2. The minimum Gasteiger partial charge on any atom is -0.549 e. The highest BCUT2D eigenvalue weighted by atomic mass is 32.2. The van der Waals surface area contributed by atoms with Crippen molar-refractivity contribution in [3.05, 3.63) is 50.6 Å². The van der Waals surface area contributed by atoms with Gasteiger partial charge in [0.2, 0.25) is 0 Å². The summed E-state index contributed by atoms with van der Waals surface area (Å²) in [6, 6.07) is 7.61. The number of fused-ring (bicyclic) bond motifs is 3. The number of rotatable bonds is 4. The van der Waals surface area contributed by atoms with E-state index in [0.717, 1.165) is 42.2 Å². The largest absolute Gasteiger partial charge is 0.549 e. The van der Waals surface area contributed by atoms with Crippen molar-refractivity contribution in [2.75, 3.05) is 5.75 Å². The number of aliphatic carboxylic acids is 1. The molecule has 2 heterocycles. The first kappa shape index (κ1) is 18.3. The second kappa shape index (κ2) is 7.13. The first-order valence-electron chi connectivity index (χ1n) is 8.93. The number of carbonyl (C=O) groups is 1. The number of hydrogen-bond acceptors (Lipinski definition) is 6. The fourth-order valence-corrected chi connectivity index (χ4v) is 5.76. The van der Waals surface area contributed by atoms with Crippen molar-refractivity contribution in [1.82, 2.24) is 9.55 Å². The number of benzene rings is 1. The van der Waals surface area contributed by atoms with Gasteiger partial charge in [-0.1, -0.05) is 36.4 Å². The quantitative estimate of drug-likeness (QED) is 0.498. The van der Waals surface area contributed by atoms with Crippen molar-refractivity contribution < 1.29 is 9.90 Å². The molecule has 0 spiro atoms. The number of carbonyl (C=O) groups excluding carboxylic acids is 1. The van der Waals surface area contributed by atoms with Gasteiger partial charge in [0.1, 0.15) is 4.83 Å². The highest BCUT2D eigenvalue weighted by Gasteiger charge is 2.26. The van der Waals surface area contributed by atoms with Crippen LogP contribution in [0.1, 0.15) is 41.7 Å². The molecule has 140 valence electrons. The Morgan fingerprint density at radius 2 is 2.11 bits per heavy atom. The Morgan fingerprint density at radius 1 is 1.37 bits per heavy atom. The lowest BCUT2D eigenvalue weighted by atomic mass is 9.88. The van der Waals surface area contributed by atoms with Gasteiger partial charge in [-0.15, -0.1) is 11.3 Å². The van der Waals surface area contributed by atoms with E-state index in [9.17, 15) is 14.7 Å². The van der Waals surface area contributed by atoms with Crippen LogP contribution in [0.4, 0.5) is 0 Å². The molecule has 3 aromatic rings. The predicted molar refractivity (Wildman–Crippen MR) is 107 cm³/mol. The molecule has 7 heteroatoms. The molecule has 1 aromatic carbocycles. The van der Waals surface area contributed by atoms with Crippen molar-refractivity contribution in [1.29, 1.82) is 0 Å². The summed E-state index contributed by atoms with van der Waals surface area (Å²) in [6.45, 7) is 4.15. The van der Waals surface area contributed by atoms with Gasteiger partial charge in [0, 0.05) is 10.6 Å². The number of thioether (sulfide) groups is 1. The standard InChI is InChI=1S/C20H20N2O3S2/c1-11-6-8-13(9-7-11)22-19(25)17-16-12(2)4-3-5-14(16)27-18(17)21-20(22)26-10-15(23)24/h6-9,12H,3-5,10H2,1-2H3,(H,23,24)/p-1/t12-/m0/s1. The van der Waals surface area contributed by atoms with Gasteiger partial charge in [0.25, 0.3) is 5.56 Å². The van der Waals surface area contributed by atoms with E-state index in [1.54, 1.807) is 15.9 Å². The molecule has 1 aliphatic carbocycles. The number of aryl methyl sites for hydroxylation is 2. The minimum atomic E-state index is -1.18. The maximum Gasteiger partial charge on any atom is 0.267 e. The predicted octanol–water partition coefficient (Wildman–Crippen LogP) is 3.04. The Balaban J connectivity index is 1.99. The van der Waals surface area contributed by atoms with Crippen LogP contribution < -0.4 is 10.7 Å². The van der Waals surface area contributed by atoms with Crippen LogP contribution in [0.25, 0.3) is 15.9 Å². The van der Waals surface area contributed by atoms with Crippen molar-refractivity contribution in [2.24, 2.45) is 0 Å². The molecule has 0 bridgehead atoms. The molecule has 5 nitrogen and oxygen atoms in total. The van der Waals surface area contributed by atoms with Crippen LogP contribution in [-0.2, 0) is 11.2 Å². The number of carboxylic acids is 1. The first-order valence-corrected chi connectivity index (χ1v) is 10.7. The lowest BCUT2D eigenvalue weighted by molar-refractivity contribution is -0.301. The zero-order valence-electron chi connectivity index (χ0n) is 15.2. The lowest BCUT2D eigenvalue weighted by Crippen LogP contribution is -2.26. The summed E-state index contributed by atoms with van der Waals surface area (Å²) in [5, 5.41) is 12.1. The third-order valence-electron chi connectivity index (χ3n) is 4.95. The van der Waals surface area contributed by atoms with Gasteiger partial charge in [0.15, 0.2) is 5.16 Å². The molecule has 0 saturated heterocycles. The van der Waals surface area contributed by atoms with Gasteiger partial charge < -0.3 is 9.90 Å². The van der Waals surface area contributed by atoms with Crippen molar-refractivity contribution in [2.45, 2.75) is 44.2 Å².